The van der Waals surface area contributed by atoms with Crippen LogP contribution in [-0.2, 0) is 14.3 Å². The van der Waals surface area contributed by atoms with Crippen molar-refractivity contribution in [3.05, 3.63) is 0 Å². The summed E-state index contributed by atoms with van der Waals surface area (Å²) in [6.45, 7) is 0. The lowest BCUT2D eigenvalue weighted by molar-refractivity contribution is -0.141. The Labute approximate surface area is 179 Å². The molecule has 0 radical (unpaired) electrons. The van der Waals surface area contributed by atoms with Gasteiger partial charge in [0.05, 0.1) is 7.11 Å². The third kappa shape index (κ3) is 27.8. The Kier molecular flexibility index (Phi) is 29.5. The summed E-state index contributed by atoms with van der Waals surface area (Å²) >= 11 is 0. The summed E-state index contributed by atoms with van der Waals surface area (Å²) in [5.41, 5.74) is 0. The Hall–Kier alpha value is -0.480. The van der Waals surface area contributed by atoms with Crippen LogP contribution in [0.25, 0.3) is 0 Å². The van der Waals surface area contributed by atoms with Gasteiger partial charge in [0.25, 0.3) is 0 Å². The van der Waals surface area contributed by atoms with Gasteiger partial charge in [-0.25, -0.2) is 0 Å². The normalized spacial score (nSPS) is 9.96. The molecule has 0 aliphatic heterocycles. The fourth-order valence-corrected chi connectivity index (χ4v) is 3.12. The van der Waals surface area contributed by atoms with Gasteiger partial charge in [0.1, 0.15) is 0 Å². The van der Waals surface area contributed by atoms with E-state index in [-0.39, 0.29) is 30.8 Å². The van der Waals surface area contributed by atoms with E-state index in [2.05, 4.69) is 4.74 Å². The maximum atomic E-state index is 11.0. The Balaban J connectivity index is -0.00000288. The number of carbonyl (C=O) groups is 2. The first-order valence-electron chi connectivity index (χ1n) is 10.5. The number of hydrogen-bond donors (Lipinski definition) is 1. The van der Waals surface area contributed by atoms with E-state index in [0.29, 0.717) is 12.8 Å². The second-order valence-corrected chi connectivity index (χ2v) is 7.13. The van der Waals surface area contributed by atoms with Crippen molar-refractivity contribution in [2.24, 2.45) is 0 Å². The summed E-state index contributed by atoms with van der Waals surface area (Å²) in [6.07, 6.45) is 20.6. The number of halogens is 2. The van der Waals surface area contributed by atoms with E-state index in [4.69, 9.17) is 5.11 Å². The molecule has 164 valence electrons. The molecule has 0 amide bonds. The molecule has 0 rings (SSSR count). The molecule has 0 saturated carbocycles. The fraction of sp³-hybridized carbons (Fsp3) is 0.905. The number of unbranched alkanes of at least 4 members (excludes halogenated alkanes) is 15. The zero-order chi connectivity index (χ0) is 18.6. The van der Waals surface area contributed by atoms with Crippen molar-refractivity contribution in [3.63, 3.8) is 0 Å². The summed E-state index contributed by atoms with van der Waals surface area (Å²) in [7, 11) is 1.45. The van der Waals surface area contributed by atoms with Crippen LogP contribution < -0.4 is 0 Å². The minimum absolute atomic E-state index is 0. The average Bonchev–Trinajstić information content (AvgIpc) is 2.60. The van der Waals surface area contributed by atoms with Gasteiger partial charge < -0.3 is 9.84 Å². The second kappa shape index (κ2) is 25.5. The largest absolute Gasteiger partial charge is 0.481 e. The summed E-state index contributed by atoms with van der Waals surface area (Å²) in [4.78, 5) is 21.3. The third-order valence-electron chi connectivity index (χ3n) is 4.75. The number of aliphatic carboxylic acids is 1. The van der Waals surface area contributed by atoms with Crippen molar-refractivity contribution in [2.45, 2.75) is 116 Å². The van der Waals surface area contributed by atoms with Crippen LogP contribution >= 0.6 is 24.8 Å². The van der Waals surface area contributed by atoms with Gasteiger partial charge in [-0.2, -0.15) is 0 Å². The Morgan fingerprint density at radius 3 is 1.07 bits per heavy atom. The first-order valence-corrected chi connectivity index (χ1v) is 10.5. The highest BCUT2D eigenvalue weighted by molar-refractivity contribution is 5.85. The minimum Gasteiger partial charge on any atom is -0.481 e. The van der Waals surface area contributed by atoms with Gasteiger partial charge >= 0.3 is 11.9 Å². The Bertz CT molecular complexity index is 325. The predicted octanol–water partition coefficient (Wildman–Crippen LogP) is 7.11. The molecule has 0 bridgehead atoms. The van der Waals surface area contributed by atoms with Crippen molar-refractivity contribution in [1.82, 2.24) is 0 Å². The fourth-order valence-electron chi connectivity index (χ4n) is 3.12. The lowest BCUT2D eigenvalue weighted by Gasteiger charge is -2.03. The molecule has 0 aromatic carbocycles. The van der Waals surface area contributed by atoms with Crippen molar-refractivity contribution < 1.29 is 19.4 Å². The van der Waals surface area contributed by atoms with Gasteiger partial charge in [-0.3, -0.25) is 9.59 Å². The standard InChI is InChI=1S/C21H40O4.2ClH/c1-25-21(24)19-17-15-13-11-9-7-5-3-2-4-6-8-10-12-14-16-18-20(22)23;;/h2-19H2,1H3,(H,22,23);2*1H. The number of ether oxygens (including phenoxy) is 1. The zero-order valence-corrected chi connectivity index (χ0v) is 18.8. The molecule has 0 unspecified atom stereocenters. The Morgan fingerprint density at radius 1 is 0.556 bits per heavy atom. The molecule has 0 aliphatic rings. The van der Waals surface area contributed by atoms with E-state index >= 15 is 0 Å². The number of esters is 1. The molecular formula is C21H42Cl2O4. The van der Waals surface area contributed by atoms with E-state index in [1.165, 1.54) is 84.2 Å². The highest BCUT2D eigenvalue weighted by atomic mass is 35.5. The number of carboxylic acid groups (broad SMARTS) is 1. The van der Waals surface area contributed by atoms with Gasteiger partial charge in [-0.15, -0.1) is 24.8 Å². The third-order valence-corrected chi connectivity index (χ3v) is 4.75. The molecule has 4 nitrogen and oxygen atoms in total. The number of rotatable bonds is 19. The van der Waals surface area contributed by atoms with Crippen molar-refractivity contribution in [3.8, 4) is 0 Å². The lowest BCUT2D eigenvalue weighted by Crippen LogP contribution is -1.99. The van der Waals surface area contributed by atoms with Crippen LogP contribution in [0.15, 0.2) is 0 Å². The summed E-state index contributed by atoms with van der Waals surface area (Å²) in [6, 6.07) is 0. The van der Waals surface area contributed by atoms with Crippen LogP contribution in [0, 0.1) is 0 Å². The van der Waals surface area contributed by atoms with Crippen molar-refractivity contribution >= 4 is 36.8 Å². The molecule has 0 aromatic heterocycles. The van der Waals surface area contributed by atoms with Crippen LogP contribution in [0.5, 0.6) is 0 Å². The smallest absolute Gasteiger partial charge is 0.305 e. The molecule has 0 fully saturated rings. The molecule has 0 saturated heterocycles. The number of hydrogen-bond acceptors (Lipinski definition) is 3. The van der Waals surface area contributed by atoms with Crippen LogP contribution in [0.2, 0.25) is 0 Å². The Morgan fingerprint density at radius 2 is 0.815 bits per heavy atom. The van der Waals surface area contributed by atoms with Gasteiger partial charge in [0.15, 0.2) is 0 Å². The minimum atomic E-state index is -0.668. The molecule has 27 heavy (non-hydrogen) atoms. The highest BCUT2D eigenvalue weighted by Crippen LogP contribution is 2.14. The van der Waals surface area contributed by atoms with E-state index in [1.54, 1.807) is 0 Å². The molecule has 0 aromatic rings. The molecule has 0 aliphatic carbocycles. The van der Waals surface area contributed by atoms with Crippen LogP contribution in [0.3, 0.4) is 0 Å². The monoisotopic (exact) mass is 428 g/mol. The molecule has 0 heterocycles. The summed E-state index contributed by atoms with van der Waals surface area (Å²) in [5, 5.41) is 8.55. The van der Waals surface area contributed by atoms with Gasteiger partial charge in [0, 0.05) is 12.8 Å². The topological polar surface area (TPSA) is 63.6 Å². The molecular weight excluding hydrogens is 387 g/mol. The van der Waals surface area contributed by atoms with Crippen LogP contribution in [0.1, 0.15) is 116 Å². The SMILES string of the molecule is COC(=O)CCCCCCCCCCCCCCCCCCC(=O)O.Cl.Cl. The molecule has 6 heteroatoms. The highest BCUT2D eigenvalue weighted by Gasteiger charge is 1.99. The summed E-state index contributed by atoms with van der Waals surface area (Å²) < 4.78 is 4.63. The van der Waals surface area contributed by atoms with E-state index in [1.807, 2.05) is 0 Å². The van der Waals surface area contributed by atoms with Crippen molar-refractivity contribution in [1.29, 1.82) is 0 Å². The second-order valence-electron chi connectivity index (χ2n) is 7.13. The lowest BCUT2D eigenvalue weighted by atomic mass is 10.0. The van der Waals surface area contributed by atoms with Crippen LogP contribution in [0.4, 0.5) is 0 Å². The van der Waals surface area contributed by atoms with Gasteiger partial charge in [0.2, 0.25) is 0 Å². The maximum Gasteiger partial charge on any atom is 0.305 e. The molecule has 0 atom stereocenters. The molecule has 1 N–H and O–H groups in total. The number of methoxy groups -OCH3 is 1. The van der Waals surface area contributed by atoms with Gasteiger partial charge in [-0.05, 0) is 12.8 Å². The van der Waals surface area contributed by atoms with E-state index in [9.17, 15) is 9.59 Å². The predicted molar refractivity (Wildman–Crippen MR) is 117 cm³/mol. The number of carbonyl (C=O) groups excluding carboxylic acids is 1. The number of carboxylic acids is 1. The average molecular weight is 429 g/mol. The van der Waals surface area contributed by atoms with E-state index in [0.717, 1.165) is 25.7 Å². The first-order chi connectivity index (χ1) is 12.2. The van der Waals surface area contributed by atoms with Crippen LogP contribution in [-0.4, -0.2) is 24.2 Å². The summed E-state index contributed by atoms with van der Waals surface area (Å²) in [5.74, 6) is -0.753. The van der Waals surface area contributed by atoms with Gasteiger partial charge in [-0.1, -0.05) is 89.9 Å². The maximum absolute atomic E-state index is 11.0. The quantitative estimate of drug-likeness (QED) is 0.176. The zero-order valence-electron chi connectivity index (χ0n) is 17.2. The van der Waals surface area contributed by atoms with E-state index < -0.39 is 5.97 Å². The van der Waals surface area contributed by atoms with Crippen molar-refractivity contribution in [2.75, 3.05) is 7.11 Å². The first kappa shape index (κ1) is 31.2. The molecule has 0 spiro atoms.